The van der Waals surface area contributed by atoms with Gasteiger partial charge in [0.15, 0.2) is 0 Å². The number of imidazole rings is 1. The Balaban J connectivity index is 2.50. The fourth-order valence-corrected chi connectivity index (χ4v) is 2.32. The third-order valence-electron chi connectivity index (χ3n) is 3.65. The van der Waals surface area contributed by atoms with Crippen molar-refractivity contribution < 1.29 is 4.39 Å². The summed E-state index contributed by atoms with van der Waals surface area (Å²) in [5.74, 6) is -0.236. The van der Waals surface area contributed by atoms with E-state index in [1.807, 2.05) is 31.4 Å². The molecule has 0 aliphatic rings. The van der Waals surface area contributed by atoms with Crippen LogP contribution in [0.5, 0.6) is 0 Å². The van der Waals surface area contributed by atoms with Crippen LogP contribution in [0.15, 0.2) is 30.6 Å². The average molecular weight is 261 g/mol. The normalized spacial score (nSPS) is 14.4. The lowest BCUT2D eigenvalue weighted by molar-refractivity contribution is 0.449. The van der Waals surface area contributed by atoms with E-state index in [1.54, 1.807) is 18.5 Å². The molecular formula is C15H20FN3. The molecule has 1 aromatic heterocycles. The molecule has 0 spiro atoms. The standard InChI is InChI=1S/C15H20FN3/c1-4-14(17)15(12-6-5-7-13(16)8-12)19-9-18-10(2)11(19)3/h5-9,14-15H,4,17H2,1-3H3. The number of hydrogen-bond acceptors (Lipinski definition) is 2. The molecule has 0 bridgehead atoms. The highest BCUT2D eigenvalue weighted by Gasteiger charge is 2.22. The molecule has 0 saturated heterocycles. The van der Waals surface area contributed by atoms with Crippen molar-refractivity contribution in [1.82, 2.24) is 9.55 Å². The molecule has 3 nitrogen and oxygen atoms in total. The quantitative estimate of drug-likeness (QED) is 0.919. The third kappa shape index (κ3) is 2.68. The van der Waals surface area contributed by atoms with E-state index in [1.165, 1.54) is 6.07 Å². The highest BCUT2D eigenvalue weighted by atomic mass is 19.1. The molecule has 102 valence electrons. The van der Waals surface area contributed by atoms with E-state index in [4.69, 9.17) is 5.73 Å². The van der Waals surface area contributed by atoms with Crippen molar-refractivity contribution in [2.45, 2.75) is 39.3 Å². The molecule has 2 rings (SSSR count). The van der Waals surface area contributed by atoms with Crippen molar-refractivity contribution in [2.75, 3.05) is 0 Å². The van der Waals surface area contributed by atoms with Crippen LogP contribution in [0.1, 0.15) is 36.3 Å². The molecule has 2 N–H and O–H groups in total. The van der Waals surface area contributed by atoms with E-state index in [0.29, 0.717) is 0 Å². The van der Waals surface area contributed by atoms with E-state index in [2.05, 4.69) is 4.98 Å². The number of nitrogens with zero attached hydrogens (tertiary/aromatic N) is 2. The second kappa shape index (κ2) is 5.53. The van der Waals surface area contributed by atoms with Gasteiger partial charge in [-0.2, -0.15) is 0 Å². The van der Waals surface area contributed by atoms with Crippen LogP contribution in [0, 0.1) is 19.7 Å². The van der Waals surface area contributed by atoms with Crippen LogP contribution in [0.4, 0.5) is 4.39 Å². The molecule has 1 aromatic carbocycles. The predicted molar refractivity (Wildman–Crippen MR) is 74.5 cm³/mol. The topological polar surface area (TPSA) is 43.8 Å². The molecule has 0 radical (unpaired) electrons. The summed E-state index contributed by atoms with van der Waals surface area (Å²) >= 11 is 0. The minimum atomic E-state index is -0.236. The first-order valence-electron chi connectivity index (χ1n) is 6.55. The van der Waals surface area contributed by atoms with Crippen molar-refractivity contribution in [1.29, 1.82) is 0 Å². The zero-order chi connectivity index (χ0) is 14.0. The number of halogens is 1. The van der Waals surface area contributed by atoms with E-state index in [9.17, 15) is 4.39 Å². The van der Waals surface area contributed by atoms with Crippen LogP contribution in [-0.4, -0.2) is 15.6 Å². The Labute approximate surface area is 113 Å². The fraction of sp³-hybridized carbons (Fsp3) is 0.400. The van der Waals surface area contributed by atoms with Gasteiger partial charge in [0.05, 0.1) is 18.1 Å². The van der Waals surface area contributed by atoms with E-state index < -0.39 is 0 Å². The maximum atomic E-state index is 13.5. The van der Waals surface area contributed by atoms with E-state index in [0.717, 1.165) is 23.4 Å². The summed E-state index contributed by atoms with van der Waals surface area (Å²) in [4.78, 5) is 4.32. The molecule has 2 atom stereocenters. The van der Waals surface area contributed by atoms with Gasteiger partial charge in [0, 0.05) is 11.7 Å². The number of benzene rings is 1. The first-order valence-corrected chi connectivity index (χ1v) is 6.55. The van der Waals surface area contributed by atoms with Crippen molar-refractivity contribution in [3.05, 3.63) is 53.4 Å². The van der Waals surface area contributed by atoms with Crippen LogP contribution >= 0.6 is 0 Å². The summed E-state index contributed by atoms with van der Waals surface area (Å²) in [6, 6.07) is 6.48. The second-order valence-corrected chi connectivity index (χ2v) is 4.89. The Morgan fingerprint density at radius 2 is 2.11 bits per heavy atom. The van der Waals surface area contributed by atoms with E-state index >= 15 is 0 Å². The third-order valence-corrected chi connectivity index (χ3v) is 3.65. The summed E-state index contributed by atoms with van der Waals surface area (Å²) in [5, 5.41) is 0. The molecule has 2 unspecified atom stereocenters. The molecule has 0 amide bonds. The molecule has 0 fully saturated rings. The molecule has 0 aliphatic heterocycles. The maximum Gasteiger partial charge on any atom is 0.123 e. The SMILES string of the molecule is CCC(N)C(c1cccc(F)c1)n1cnc(C)c1C. The monoisotopic (exact) mass is 261 g/mol. The average Bonchev–Trinajstić information content (AvgIpc) is 2.71. The van der Waals surface area contributed by atoms with Gasteiger partial charge in [-0.25, -0.2) is 9.37 Å². The molecule has 19 heavy (non-hydrogen) atoms. The van der Waals surface area contributed by atoms with Gasteiger partial charge in [0.25, 0.3) is 0 Å². The number of nitrogens with two attached hydrogens (primary N) is 1. The largest absolute Gasteiger partial charge is 0.326 e. The summed E-state index contributed by atoms with van der Waals surface area (Å²) < 4.78 is 15.5. The molecule has 4 heteroatoms. The van der Waals surface area contributed by atoms with Crippen molar-refractivity contribution >= 4 is 0 Å². The van der Waals surface area contributed by atoms with Gasteiger partial charge < -0.3 is 10.3 Å². The van der Waals surface area contributed by atoms with Gasteiger partial charge in [-0.15, -0.1) is 0 Å². The predicted octanol–water partition coefficient (Wildman–Crippen LogP) is 2.97. The van der Waals surface area contributed by atoms with Crippen molar-refractivity contribution in [3.63, 3.8) is 0 Å². The molecule has 2 aromatic rings. The highest BCUT2D eigenvalue weighted by molar-refractivity contribution is 5.25. The van der Waals surface area contributed by atoms with E-state index in [-0.39, 0.29) is 17.9 Å². The minimum Gasteiger partial charge on any atom is -0.326 e. The fourth-order valence-electron chi connectivity index (χ4n) is 2.32. The Morgan fingerprint density at radius 1 is 1.37 bits per heavy atom. The highest BCUT2D eigenvalue weighted by Crippen LogP contribution is 2.25. The minimum absolute atomic E-state index is 0.0749. The molecule has 0 saturated carbocycles. The number of hydrogen-bond donors (Lipinski definition) is 1. The Bertz CT molecular complexity index is 562. The smallest absolute Gasteiger partial charge is 0.123 e. The zero-order valence-corrected chi connectivity index (χ0v) is 11.6. The lowest BCUT2D eigenvalue weighted by Crippen LogP contribution is -2.32. The van der Waals surface area contributed by atoms with Gasteiger partial charge in [-0.05, 0) is 38.0 Å². The number of rotatable bonds is 4. The van der Waals surface area contributed by atoms with Crippen LogP contribution in [-0.2, 0) is 0 Å². The first-order chi connectivity index (χ1) is 9.04. The first kappa shape index (κ1) is 13.7. The maximum absolute atomic E-state index is 13.5. The van der Waals surface area contributed by atoms with Crippen LogP contribution in [0.25, 0.3) is 0 Å². The summed E-state index contributed by atoms with van der Waals surface area (Å²) in [6.07, 6.45) is 2.60. The lowest BCUT2D eigenvalue weighted by atomic mass is 9.97. The lowest BCUT2D eigenvalue weighted by Gasteiger charge is -2.26. The number of aromatic nitrogens is 2. The Hall–Kier alpha value is -1.68. The summed E-state index contributed by atoms with van der Waals surface area (Å²) in [7, 11) is 0. The number of aryl methyl sites for hydroxylation is 1. The van der Waals surface area contributed by atoms with Gasteiger partial charge in [0.2, 0.25) is 0 Å². The van der Waals surface area contributed by atoms with Crippen molar-refractivity contribution in [3.8, 4) is 0 Å². The summed E-state index contributed by atoms with van der Waals surface area (Å²) in [5.41, 5.74) is 9.17. The van der Waals surface area contributed by atoms with Crippen LogP contribution < -0.4 is 5.73 Å². The van der Waals surface area contributed by atoms with Gasteiger partial charge in [-0.1, -0.05) is 19.1 Å². The molecule has 1 heterocycles. The molecular weight excluding hydrogens is 241 g/mol. The second-order valence-electron chi connectivity index (χ2n) is 4.89. The zero-order valence-electron chi connectivity index (χ0n) is 11.6. The van der Waals surface area contributed by atoms with Crippen molar-refractivity contribution in [2.24, 2.45) is 5.73 Å². The molecule has 0 aliphatic carbocycles. The van der Waals surface area contributed by atoms with Crippen LogP contribution in [0.2, 0.25) is 0 Å². The van der Waals surface area contributed by atoms with Gasteiger partial charge >= 0.3 is 0 Å². The van der Waals surface area contributed by atoms with Crippen LogP contribution in [0.3, 0.4) is 0 Å². The summed E-state index contributed by atoms with van der Waals surface area (Å²) in [6.45, 7) is 6.01. The van der Waals surface area contributed by atoms with Gasteiger partial charge in [0.1, 0.15) is 5.82 Å². The Kier molecular flexibility index (Phi) is 4.00. The Morgan fingerprint density at radius 3 is 2.63 bits per heavy atom. The van der Waals surface area contributed by atoms with Gasteiger partial charge in [-0.3, -0.25) is 0 Å².